The fourth-order valence-electron chi connectivity index (χ4n) is 3.64. The van der Waals surface area contributed by atoms with E-state index in [4.69, 9.17) is 13.9 Å². The summed E-state index contributed by atoms with van der Waals surface area (Å²) >= 11 is 0. The summed E-state index contributed by atoms with van der Waals surface area (Å²) in [5.41, 5.74) is 1.89. The van der Waals surface area contributed by atoms with Crippen LogP contribution in [0.3, 0.4) is 0 Å². The molecule has 6 nitrogen and oxygen atoms in total. The van der Waals surface area contributed by atoms with Gasteiger partial charge in [0, 0.05) is 18.0 Å². The summed E-state index contributed by atoms with van der Waals surface area (Å²) in [6.45, 7) is 2.96. The van der Waals surface area contributed by atoms with Gasteiger partial charge in [0.2, 0.25) is 0 Å². The maximum Gasteiger partial charge on any atom is 0.339 e. The third kappa shape index (κ3) is 3.94. The molecule has 0 spiro atoms. The van der Waals surface area contributed by atoms with Gasteiger partial charge in [-0.1, -0.05) is 12.1 Å². The molecular weight excluding hydrogens is 382 g/mol. The van der Waals surface area contributed by atoms with Gasteiger partial charge < -0.3 is 18.5 Å². The second kappa shape index (κ2) is 8.45. The summed E-state index contributed by atoms with van der Waals surface area (Å²) in [7, 11) is 1.63. The van der Waals surface area contributed by atoms with Crippen LogP contribution >= 0.6 is 0 Å². The first-order chi connectivity index (χ1) is 14.6. The molecule has 2 heterocycles. The topological polar surface area (TPSA) is 70.7 Å². The third-order valence-corrected chi connectivity index (χ3v) is 5.17. The average Bonchev–Trinajstić information content (AvgIpc) is 2.75. The Labute approximate surface area is 173 Å². The molecule has 0 saturated carbocycles. The van der Waals surface area contributed by atoms with E-state index in [-0.39, 0.29) is 5.56 Å². The van der Waals surface area contributed by atoms with E-state index >= 15 is 0 Å². The molecule has 4 aromatic rings. The molecule has 0 fully saturated rings. The smallest absolute Gasteiger partial charge is 0.339 e. The van der Waals surface area contributed by atoms with E-state index in [0.717, 1.165) is 40.4 Å². The monoisotopic (exact) mass is 405 g/mol. The number of ether oxygens (including phenoxy) is 2. The average molecular weight is 405 g/mol. The standard InChI is InChI=1S/C24H23NO5/c1-16-13-23(26)25(20-10-9-17(28-2)14-19(16)20)11-5-6-12-29-22-15-24(27)30-21-8-4-3-7-18(21)22/h3-4,7-10,13-15H,5-6,11-12H2,1-2H3. The number of nitrogens with zero attached hydrogens (tertiary/aromatic N) is 1. The summed E-state index contributed by atoms with van der Waals surface area (Å²) < 4.78 is 18.1. The van der Waals surface area contributed by atoms with Gasteiger partial charge in [0.25, 0.3) is 5.56 Å². The van der Waals surface area contributed by atoms with Crippen LogP contribution in [0.2, 0.25) is 0 Å². The number of unbranched alkanes of at least 4 members (excludes halogenated alkanes) is 1. The minimum atomic E-state index is -0.434. The molecule has 2 aromatic heterocycles. The lowest BCUT2D eigenvalue weighted by Crippen LogP contribution is -2.20. The van der Waals surface area contributed by atoms with Gasteiger partial charge in [0.15, 0.2) is 0 Å². The normalized spacial score (nSPS) is 11.1. The first-order valence-electron chi connectivity index (χ1n) is 9.91. The Balaban J connectivity index is 1.45. The molecular formula is C24H23NO5. The fourth-order valence-corrected chi connectivity index (χ4v) is 3.64. The van der Waals surface area contributed by atoms with Crippen LogP contribution in [0.5, 0.6) is 11.5 Å². The lowest BCUT2D eigenvalue weighted by atomic mass is 10.1. The van der Waals surface area contributed by atoms with E-state index in [2.05, 4.69) is 0 Å². The molecule has 0 aliphatic rings. The molecule has 0 unspecified atom stereocenters. The largest absolute Gasteiger partial charge is 0.497 e. The van der Waals surface area contributed by atoms with Gasteiger partial charge in [-0.3, -0.25) is 4.79 Å². The fraction of sp³-hybridized carbons (Fsp3) is 0.250. The zero-order valence-corrected chi connectivity index (χ0v) is 17.0. The van der Waals surface area contributed by atoms with Crippen LogP contribution < -0.4 is 20.7 Å². The first-order valence-corrected chi connectivity index (χ1v) is 9.91. The Morgan fingerprint density at radius 3 is 2.63 bits per heavy atom. The predicted molar refractivity (Wildman–Crippen MR) is 117 cm³/mol. The number of pyridine rings is 1. The third-order valence-electron chi connectivity index (χ3n) is 5.17. The van der Waals surface area contributed by atoms with Crippen LogP contribution in [0.4, 0.5) is 0 Å². The van der Waals surface area contributed by atoms with Crippen LogP contribution in [-0.4, -0.2) is 18.3 Å². The molecule has 2 aromatic carbocycles. The van der Waals surface area contributed by atoms with Crippen LogP contribution in [0.15, 0.2) is 68.6 Å². The summed E-state index contributed by atoms with van der Waals surface area (Å²) in [5, 5.41) is 1.78. The van der Waals surface area contributed by atoms with Crippen LogP contribution in [0, 0.1) is 6.92 Å². The maximum absolute atomic E-state index is 12.5. The summed E-state index contributed by atoms with van der Waals surface area (Å²) in [6, 6.07) is 16.1. The molecule has 0 bridgehead atoms. The van der Waals surface area contributed by atoms with Gasteiger partial charge in [-0.2, -0.15) is 0 Å². The van der Waals surface area contributed by atoms with E-state index in [1.54, 1.807) is 23.8 Å². The molecule has 0 amide bonds. The Morgan fingerprint density at radius 2 is 1.80 bits per heavy atom. The van der Waals surface area contributed by atoms with Crippen molar-refractivity contribution in [3.05, 3.63) is 80.9 Å². The van der Waals surface area contributed by atoms with Crippen molar-refractivity contribution in [2.24, 2.45) is 0 Å². The Morgan fingerprint density at radius 1 is 0.967 bits per heavy atom. The lowest BCUT2D eigenvalue weighted by molar-refractivity contribution is 0.304. The minimum Gasteiger partial charge on any atom is -0.497 e. The zero-order chi connectivity index (χ0) is 21.1. The van der Waals surface area contributed by atoms with E-state index in [1.807, 2.05) is 43.3 Å². The first kappa shape index (κ1) is 19.8. The van der Waals surface area contributed by atoms with E-state index in [9.17, 15) is 9.59 Å². The highest BCUT2D eigenvalue weighted by molar-refractivity contribution is 5.84. The Kier molecular flexibility index (Phi) is 5.57. The van der Waals surface area contributed by atoms with Gasteiger partial charge in [-0.25, -0.2) is 4.79 Å². The van der Waals surface area contributed by atoms with Crippen molar-refractivity contribution < 1.29 is 13.9 Å². The van der Waals surface area contributed by atoms with E-state index < -0.39 is 5.63 Å². The van der Waals surface area contributed by atoms with Gasteiger partial charge >= 0.3 is 5.63 Å². The number of hydrogen-bond donors (Lipinski definition) is 0. The molecule has 0 aliphatic carbocycles. The molecule has 0 atom stereocenters. The molecule has 6 heteroatoms. The second-order valence-electron chi connectivity index (χ2n) is 7.18. The van der Waals surface area contributed by atoms with Crippen molar-refractivity contribution >= 4 is 21.9 Å². The highest BCUT2D eigenvalue weighted by Crippen LogP contribution is 2.24. The Bertz CT molecular complexity index is 1320. The number of aromatic nitrogens is 1. The molecule has 4 rings (SSSR count). The van der Waals surface area contributed by atoms with Crippen LogP contribution in [0.25, 0.3) is 21.9 Å². The SMILES string of the molecule is COc1ccc2c(c1)c(C)cc(=O)n2CCCCOc1cc(=O)oc2ccccc12. The summed E-state index contributed by atoms with van der Waals surface area (Å²) in [5.74, 6) is 1.29. The van der Waals surface area contributed by atoms with Crippen LogP contribution in [0.1, 0.15) is 18.4 Å². The van der Waals surface area contributed by atoms with Crippen molar-refractivity contribution in [2.45, 2.75) is 26.3 Å². The number of benzene rings is 2. The molecule has 154 valence electrons. The second-order valence-corrected chi connectivity index (χ2v) is 7.18. The quantitative estimate of drug-likeness (QED) is 0.339. The predicted octanol–water partition coefficient (Wildman–Crippen LogP) is 4.28. The van der Waals surface area contributed by atoms with E-state index in [0.29, 0.717) is 24.5 Å². The van der Waals surface area contributed by atoms with Gasteiger partial charge in [0.1, 0.15) is 17.1 Å². The van der Waals surface area contributed by atoms with Crippen molar-refractivity contribution in [3.63, 3.8) is 0 Å². The zero-order valence-electron chi connectivity index (χ0n) is 17.0. The summed E-state index contributed by atoms with van der Waals surface area (Å²) in [4.78, 5) is 24.3. The number of hydrogen-bond acceptors (Lipinski definition) is 5. The highest BCUT2D eigenvalue weighted by Gasteiger charge is 2.09. The number of aryl methyl sites for hydroxylation is 2. The number of methoxy groups -OCH3 is 1. The van der Waals surface area contributed by atoms with Gasteiger partial charge in [-0.05, 0) is 55.7 Å². The van der Waals surface area contributed by atoms with Crippen molar-refractivity contribution in [3.8, 4) is 11.5 Å². The lowest BCUT2D eigenvalue weighted by Gasteiger charge is -2.13. The highest BCUT2D eigenvalue weighted by atomic mass is 16.5. The number of rotatable bonds is 7. The number of para-hydroxylation sites is 1. The molecule has 0 N–H and O–H groups in total. The van der Waals surface area contributed by atoms with Crippen molar-refractivity contribution in [2.75, 3.05) is 13.7 Å². The molecule has 0 saturated heterocycles. The van der Waals surface area contributed by atoms with Crippen molar-refractivity contribution in [1.29, 1.82) is 0 Å². The molecule has 0 radical (unpaired) electrons. The summed E-state index contributed by atoms with van der Waals surface area (Å²) in [6.07, 6.45) is 1.51. The number of fused-ring (bicyclic) bond motifs is 2. The van der Waals surface area contributed by atoms with Crippen molar-refractivity contribution in [1.82, 2.24) is 4.57 Å². The van der Waals surface area contributed by atoms with Gasteiger partial charge in [0.05, 0.1) is 30.7 Å². The van der Waals surface area contributed by atoms with Gasteiger partial charge in [-0.15, -0.1) is 0 Å². The molecule has 0 aliphatic heterocycles. The van der Waals surface area contributed by atoms with Crippen LogP contribution in [-0.2, 0) is 6.54 Å². The van der Waals surface area contributed by atoms with E-state index in [1.165, 1.54) is 6.07 Å². The molecule has 30 heavy (non-hydrogen) atoms. The Hall–Kier alpha value is -3.54. The minimum absolute atomic E-state index is 0.0160. The maximum atomic E-state index is 12.5.